The molecule has 30 heavy (non-hydrogen) atoms. The highest BCUT2D eigenvalue weighted by Crippen LogP contribution is 2.31. The zero-order chi connectivity index (χ0) is 20.9. The second-order valence-corrected chi connectivity index (χ2v) is 9.09. The van der Waals surface area contributed by atoms with E-state index in [2.05, 4.69) is 31.1 Å². The monoisotopic (exact) mass is 475 g/mol. The number of amides is 1. The fraction of sp³-hybridized carbons (Fsp3) is 0.478. The lowest BCUT2D eigenvalue weighted by Gasteiger charge is -2.33. The third-order valence-corrected chi connectivity index (χ3v) is 6.65. The van der Waals surface area contributed by atoms with Gasteiger partial charge in [-0.25, -0.2) is 9.37 Å². The molecule has 1 saturated heterocycles. The highest BCUT2D eigenvalue weighted by Gasteiger charge is 2.25. The summed E-state index contributed by atoms with van der Waals surface area (Å²) in [6, 6.07) is 7.70. The maximum atomic E-state index is 13.3. The Hall–Kier alpha value is -1.99. The average Bonchev–Trinajstić information content (AvgIpc) is 3.25. The maximum Gasteiger partial charge on any atom is 0.257 e. The fourth-order valence-corrected chi connectivity index (χ4v) is 4.82. The molecular weight excluding hydrogens is 449 g/mol. The number of hydrogen-bond acceptors (Lipinski definition) is 4. The van der Waals surface area contributed by atoms with Crippen LogP contribution < -0.4 is 10.1 Å². The lowest BCUT2D eigenvalue weighted by molar-refractivity contribution is 0.0902. The van der Waals surface area contributed by atoms with Crippen molar-refractivity contribution in [3.63, 3.8) is 0 Å². The Morgan fingerprint density at radius 2 is 1.97 bits per heavy atom. The van der Waals surface area contributed by atoms with Crippen LogP contribution in [0, 0.1) is 11.7 Å². The first-order valence-corrected chi connectivity index (χ1v) is 11.5. The summed E-state index contributed by atoms with van der Waals surface area (Å²) >= 11 is 3.28. The van der Waals surface area contributed by atoms with Gasteiger partial charge in [-0.15, -0.1) is 0 Å². The van der Waals surface area contributed by atoms with Crippen molar-refractivity contribution in [2.24, 2.45) is 5.92 Å². The summed E-state index contributed by atoms with van der Waals surface area (Å²) in [4.78, 5) is 19.7. The first-order chi connectivity index (χ1) is 14.6. The lowest BCUT2D eigenvalue weighted by atomic mass is 10.0. The highest BCUT2D eigenvalue weighted by molar-refractivity contribution is 9.10. The molecule has 160 valence electrons. The van der Waals surface area contributed by atoms with Crippen LogP contribution in [0.3, 0.4) is 0 Å². The van der Waals surface area contributed by atoms with Crippen molar-refractivity contribution in [3.8, 4) is 11.6 Å². The molecule has 0 radical (unpaired) electrons. The van der Waals surface area contributed by atoms with E-state index in [-0.39, 0.29) is 23.6 Å². The van der Waals surface area contributed by atoms with Gasteiger partial charge in [0.2, 0.25) is 5.88 Å². The Labute approximate surface area is 185 Å². The summed E-state index contributed by atoms with van der Waals surface area (Å²) in [7, 11) is 0. The van der Waals surface area contributed by atoms with Gasteiger partial charge in [0.05, 0.1) is 4.47 Å². The van der Waals surface area contributed by atoms with Gasteiger partial charge in [-0.2, -0.15) is 0 Å². The Bertz CT molecular complexity index is 881. The first-order valence-electron chi connectivity index (χ1n) is 10.7. The van der Waals surface area contributed by atoms with Crippen molar-refractivity contribution < 1.29 is 13.9 Å². The number of likely N-dealkylation sites (tertiary alicyclic amines) is 1. The number of ether oxygens (including phenoxy) is 1. The number of pyridine rings is 1. The van der Waals surface area contributed by atoms with Crippen molar-refractivity contribution >= 4 is 21.8 Å². The van der Waals surface area contributed by atoms with E-state index in [1.165, 1.54) is 50.4 Å². The van der Waals surface area contributed by atoms with Gasteiger partial charge < -0.3 is 15.0 Å². The lowest BCUT2D eigenvalue weighted by Crippen LogP contribution is -2.45. The molecule has 2 heterocycles. The van der Waals surface area contributed by atoms with Crippen LogP contribution in [0.4, 0.5) is 4.39 Å². The third kappa shape index (κ3) is 5.38. The van der Waals surface area contributed by atoms with Crippen molar-refractivity contribution in [2.75, 3.05) is 19.6 Å². The van der Waals surface area contributed by atoms with E-state index in [1.807, 2.05) is 0 Å². The zero-order valence-corrected chi connectivity index (χ0v) is 18.5. The van der Waals surface area contributed by atoms with Gasteiger partial charge in [0.1, 0.15) is 17.1 Å². The van der Waals surface area contributed by atoms with Crippen LogP contribution in [-0.4, -0.2) is 41.5 Å². The largest absolute Gasteiger partial charge is 0.437 e. The summed E-state index contributed by atoms with van der Waals surface area (Å²) in [6.45, 7) is 3.26. The van der Waals surface area contributed by atoms with E-state index in [9.17, 15) is 9.18 Å². The van der Waals surface area contributed by atoms with E-state index < -0.39 is 0 Å². The number of halogens is 2. The van der Waals surface area contributed by atoms with Crippen LogP contribution in [0.2, 0.25) is 0 Å². The molecule has 1 amide bonds. The van der Waals surface area contributed by atoms with Crippen molar-refractivity contribution in [1.82, 2.24) is 15.2 Å². The summed E-state index contributed by atoms with van der Waals surface area (Å²) < 4.78 is 19.6. The molecule has 1 aromatic carbocycles. The van der Waals surface area contributed by atoms with E-state index in [4.69, 9.17) is 4.74 Å². The van der Waals surface area contributed by atoms with Crippen LogP contribution in [0.1, 0.15) is 48.9 Å². The van der Waals surface area contributed by atoms with Crippen LogP contribution >= 0.6 is 15.9 Å². The second kappa shape index (κ2) is 9.88. The summed E-state index contributed by atoms with van der Waals surface area (Å²) in [5.41, 5.74) is 0.377. The van der Waals surface area contributed by atoms with Gasteiger partial charge >= 0.3 is 0 Å². The smallest absolute Gasteiger partial charge is 0.257 e. The molecule has 2 aromatic rings. The summed E-state index contributed by atoms with van der Waals surface area (Å²) in [5, 5.41) is 3.14. The van der Waals surface area contributed by atoms with Crippen molar-refractivity contribution in [3.05, 3.63) is 52.4 Å². The topological polar surface area (TPSA) is 54.5 Å². The predicted octanol–water partition coefficient (Wildman–Crippen LogP) is 5.16. The number of nitrogens with one attached hydrogen (secondary N) is 1. The highest BCUT2D eigenvalue weighted by atomic mass is 79.9. The van der Waals surface area contributed by atoms with Crippen LogP contribution in [0.5, 0.6) is 11.6 Å². The molecule has 1 saturated carbocycles. The van der Waals surface area contributed by atoms with Crippen LogP contribution in [0.15, 0.2) is 41.0 Å². The molecule has 0 bridgehead atoms. The van der Waals surface area contributed by atoms with Crippen molar-refractivity contribution in [2.45, 2.75) is 44.6 Å². The predicted molar refractivity (Wildman–Crippen MR) is 117 cm³/mol. The standard InChI is InChI=1S/C23H27BrFN3O2/c24-20-14-17(25)7-8-21(20)30-23-19(6-3-11-26-23)22(29)27-18-9-12-28(13-10-18)15-16-4-1-2-5-16/h3,6-8,11,14,16,18H,1-2,4-5,9-10,12-13,15H2,(H,27,29). The van der Waals surface area contributed by atoms with Gasteiger partial charge in [-0.3, -0.25) is 4.79 Å². The normalized spacial score (nSPS) is 18.5. The fourth-order valence-electron chi connectivity index (χ4n) is 4.39. The molecule has 7 heteroatoms. The minimum absolute atomic E-state index is 0.156. The average molecular weight is 476 g/mol. The minimum Gasteiger partial charge on any atom is -0.437 e. The molecule has 0 unspecified atom stereocenters. The number of piperidine rings is 1. The third-order valence-electron chi connectivity index (χ3n) is 6.03. The number of aromatic nitrogens is 1. The summed E-state index contributed by atoms with van der Waals surface area (Å²) in [5.74, 6) is 0.917. The second-order valence-electron chi connectivity index (χ2n) is 8.23. The molecular formula is C23H27BrFN3O2. The van der Waals surface area contributed by atoms with Crippen LogP contribution in [0.25, 0.3) is 0 Å². The number of benzene rings is 1. The van der Waals surface area contributed by atoms with Gasteiger partial charge in [0, 0.05) is 31.9 Å². The van der Waals surface area contributed by atoms with E-state index in [0.29, 0.717) is 15.8 Å². The van der Waals surface area contributed by atoms with E-state index in [0.717, 1.165) is 31.8 Å². The van der Waals surface area contributed by atoms with Crippen molar-refractivity contribution in [1.29, 1.82) is 0 Å². The minimum atomic E-state index is -0.368. The zero-order valence-electron chi connectivity index (χ0n) is 16.9. The molecule has 1 N–H and O–H groups in total. The Balaban J connectivity index is 1.35. The molecule has 0 atom stereocenters. The number of nitrogens with zero attached hydrogens (tertiary/aromatic N) is 2. The van der Waals surface area contributed by atoms with Crippen LogP contribution in [-0.2, 0) is 0 Å². The molecule has 1 aliphatic heterocycles. The van der Waals surface area contributed by atoms with E-state index in [1.54, 1.807) is 18.3 Å². The molecule has 4 rings (SSSR count). The van der Waals surface area contributed by atoms with Gasteiger partial charge in [-0.05, 0) is 77.9 Å². The number of carbonyl (C=O) groups excluding carboxylic acids is 1. The quantitative estimate of drug-likeness (QED) is 0.626. The molecule has 2 fully saturated rings. The maximum absolute atomic E-state index is 13.3. The van der Waals surface area contributed by atoms with E-state index >= 15 is 0 Å². The van der Waals surface area contributed by atoms with Gasteiger partial charge in [0.15, 0.2) is 0 Å². The molecule has 1 aromatic heterocycles. The SMILES string of the molecule is O=C(NC1CCN(CC2CCCC2)CC1)c1cccnc1Oc1ccc(F)cc1Br. The van der Waals surface area contributed by atoms with Gasteiger partial charge in [0.25, 0.3) is 5.91 Å². The summed E-state index contributed by atoms with van der Waals surface area (Å²) in [6.07, 6.45) is 8.97. The molecule has 5 nitrogen and oxygen atoms in total. The first kappa shape index (κ1) is 21.2. The molecule has 0 spiro atoms. The number of carbonyl (C=O) groups is 1. The number of hydrogen-bond donors (Lipinski definition) is 1. The Kier molecular flexibility index (Phi) is 7.00. The Morgan fingerprint density at radius 3 is 2.70 bits per heavy atom. The number of rotatable bonds is 6. The Morgan fingerprint density at radius 1 is 1.20 bits per heavy atom. The molecule has 2 aliphatic rings. The van der Waals surface area contributed by atoms with Gasteiger partial charge in [-0.1, -0.05) is 12.8 Å². The molecule has 1 aliphatic carbocycles.